The second-order valence-corrected chi connectivity index (χ2v) is 8.64. The van der Waals surface area contributed by atoms with Crippen molar-refractivity contribution in [2.45, 2.75) is 45.9 Å². The highest BCUT2D eigenvalue weighted by atomic mass is 35.5. The first-order chi connectivity index (χ1) is 13.7. The molecule has 3 rings (SSSR count). The predicted octanol–water partition coefficient (Wildman–Crippen LogP) is 3.39. The quantitative estimate of drug-likeness (QED) is 0.764. The van der Waals surface area contributed by atoms with Gasteiger partial charge in [-0.15, -0.1) is 0 Å². The monoisotopic (exact) mass is 418 g/mol. The van der Waals surface area contributed by atoms with E-state index in [1.165, 1.54) is 4.68 Å². The lowest BCUT2D eigenvalue weighted by Gasteiger charge is -2.41. The minimum absolute atomic E-state index is 0.0820. The lowest BCUT2D eigenvalue weighted by Crippen LogP contribution is -2.55. The molecule has 0 aliphatic carbocycles. The second-order valence-electron chi connectivity index (χ2n) is 8.26. The van der Waals surface area contributed by atoms with Gasteiger partial charge in [0.1, 0.15) is 10.6 Å². The molecular formula is C21H27ClN4O3. The Labute approximate surface area is 175 Å². The summed E-state index contributed by atoms with van der Waals surface area (Å²) in [4.78, 5) is 28.8. The fourth-order valence-electron chi connectivity index (χ4n) is 3.31. The van der Waals surface area contributed by atoms with Crippen LogP contribution in [0.15, 0.2) is 41.3 Å². The van der Waals surface area contributed by atoms with E-state index in [4.69, 9.17) is 16.3 Å². The maximum atomic E-state index is 12.7. The molecule has 0 radical (unpaired) electrons. The van der Waals surface area contributed by atoms with Crippen molar-refractivity contribution in [1.29, 1.82) is 0 Å². The molecule has 1 aromatic carbocycles. The molecule has 8 heteroatoms. The second kappa shape index (κ2) is 8.45. The number of nitrogens with zero attached hydrogens (tertiary/aromatic N) is 4. The highest BCUT2D eigenvalue weighted by molar-refractivity contribution is 6.33. The zero-order valence-electron chi connectivity index (χ0n) is 17.3. The average molecular weight is 419 g/mol. The van der Waals surface area contributed by atoms with Crippen molar-refractivity contribution in [2.24, 2.45) is 0 Å². The number of carbonyl (C=O) groups excluding carboxylic acids is 1. The molecule has 7 nitrogen and oxygen atoms in total. The number of piperazine rings is 1. The molecule has 29 heavy (non-hydrogen) atoms. The standard InChI is InChI=1S/C21H27ClN4O3/c1-15-13-24(10-11-25(15)20(28)29-21(2,3)4)17-12-23-26(19(27)18(17)22)14-16-8-6-5-7-9-16/h5-9,12,15H,10-11,13-14H2,1-4H3/t15-/m1/s1. The van der Waals surface area contributed by atoms with Crippen LogP contribution in [-0.4, -0.2) is 52.1 Å². The summed E-state index contributed by atoms with van der Waals surface area (Å²) in [5.74, 6) is 0. The van der Waals surface area contributed by atoms with E-state index in [1.54, 1.807) is 11.1 Å². The molecule has 0 bridgehead atoms. The number of anilines is 1. The Hall–Kier alpha value is -2.54. The van der Waals surface area contributed by atoms with Gasteiger partial charge in [0, 0.05) is 25.7 Å². The predicted molar refractivity (Wildman–Crippen MR) is 114 cm³/mol. The van der Waals surface area contributed by atoms with Crippen molar-refractivity contribution in [3.05, 3.63) is 57.5 Å². The van der Waals surface area contributed by atoms with Gasteiger partial charge in [-0.25, -0.2) is 9.48 Å². The van der Waals surface area contributed by atoms with Crippen LogP contribution in [0.5, 0.6) is 0 Å². The van der Waals surface area contributed by atoms with Crippen molar-refractivity contribution in [3.63, 3.8) is 0 Å². The molecule has 156 valence electrons. The van der Waals surface area contributed by atoms with E-state index in [9.17, 15) is 9.59 Å². The molecule has 0 unspecified atom stereocenters. The number of ether oxygens (including phenoxy) is 1. The van der Waals surface area contributed by atoms with Gasteiger partial charge in [-0.3, -0.25) is 4.79 Å². The Morgan fingerprint density at radius 2 is 1.93 bits per heavy atom. The van der Waals surface area contributed by atoms with E-state index in [2.05, 4.69) is 5.10 Å². The first kappa shape index (κ1) is 21.2. The summed E-state index contributed by atoms with van der Waals surface area (Å²) < 4.78 is 6.84. The number of halogens is 1. The number of hydrogen-bond donors (Lipinski definition) is 0. The number of amides is 1. The number of rotatable bonds is 3. The number of carbonyl (C=O) groups is 1. The van der Waals surface area contributed by atoms with Gasteiger partial charge in [-0.2, -0.15) is 5.10 Å². The maximum Gasteiger partial charge on any atom is 0.410 e. The first-order valence-corrected chi connectivity index (χ1v) is 10.1. The van der Waals surface area contributed by atoms with Gasteiger partial charge >= 0.3 is 6.09 Å². The summed E-state index contributed by atoms with van der Waals surface area (Å²) in [6.45, 7) is 9.44. The van der Waals surface area contributed by atoms with E-state index in [0.29, 0.717) is 31.9 Å². The van der Waals surface area contributed by atoms with Crippen molar-refractivity contribution >= 4 is 23.4 Å². The number of benzene rings is 1. The van der Waals surface area contributed by atoms with Crippen LogP contribution in [0, 0.1) is 0 Å². The topological polar surface area (TPSA) is 67.7 Å². The zero-order chi connectivity index (χ0) is 21.2. The third-order valence-corrected chi connectivity index (χ3v) is 5.09. The Morgan fingerprint density at radius 1 is 1.24 bits per heavy atom. The van der Waals surface area contributed by atoms with Crippen LogP contribution in [0.4, 0.5) is 10.5 Å². The summed E-state index contributed by atoms with van der Waals surface area (Å²) in [5, 5.41) is 4.46. The van der Waals surface area contributed by atoms with E-state index in [-0.39, 0.29) is 22.7 Å². The van der Waals surface area contributed by atoms with Crippen molar-refractivity contribution in [1.82, 2.24) is 14.7 Å². The number of aromatic nitrogens is 2. The SMILES string of the molecule is C[C@@H]1CN(c2cnn(Cc3ccccc3)c(=O)c2Cl)CCN1C(=O)OC(C)(C)C. The van der Waals surface area contributed by atoms with Crippen LogP contribution in [0.1, 0.15) is 33.3 Å². The van der Waals surface area contributed by atoms with E-state index in [0.717, 1.165) is 5.56 Å². The Kier molecular flexibility index (Phi) is 6.17. The maximum absolute atomic E-state index is 12.7. The van der Waals surface area contributed by atoms with Crippen molar-refractivity contribution in [3.8, 4) is 0 Å². The van der Waals surface area contributed by atoms with Gasteiger partial charge in [-0.05, 0) is 33.3 Å². The van der Waals surface area contributed by atoms with Crippen LogP contribution in [0.3, 0.4) is 0 Å². The summed E-state index contributed by atoms with van der Waals surface area (Å²) in [6, 6.07) is 9.56. The van der Waals surface area contributed by atoms with Gasteiger partial charge in [0.05, 0.1) is 18.4 Å². The summed E-state index contributed by atoms with van der Waals surface area (Å²) in [6.07, 6.45) is 1.30. The largest absolute Gasteiger partial charge is 0.444 e. The molecule has 1 atom stereocenters. The minimum Gasteiger partial charge on any atom is -0.444 e. The fourth-order valence-corrected chi connectivity index (χ4v) is 3.58. The molecule has 1 fully saturated rings. The lowest BCUT2D eigenvalue weighted by atomic mass is 10.2. The Bertz CT molecular complexity index is 924. The van der Waals surface area contributed by atoms with Crippen LogP contribution in [0.2, 0.25) is 5.02 Å². The van der Waals surface area contributed by atoms with Gasteiger partial charge in [0.25, 0.3) is 5.56 Å². The molecule has 0 N–H and O–H groups in total. The Balaban J connectivity index is 1.73. The van der Waals surface area contributed by atoms with Gasteiger partial charge in [-0.1, -0.05) is 41.9 Å². The molecule has 1 aliphatic rings. The van der Waals surface area contributed by atoms with E-state index >= 15 is 0 Å². The molecule has 0 spiro atoms. The van der Waals surface area contributed by atoms with Gasteiger partial charge < -0.3 is 14.5 Å². The molecule has 1 saturated heterocycles. The third-order valence-electron chi connectivity index (χ3n) is 4.74. The summed E-state index contributed by atoms with van der Waals surface area (Å²) >= 11 is 6.41. The fraction of sp³-hybridized carbons (Fsp3) is 0.476. The highest BCUT2D eigenvalue weighted by Gasteiger charge is 2.32. The van der Waals surface area contributed by atoms with Gasteiger partial charge in [0.15, 0.2) is 0 Å². The van der Waals surface area contributed by atoms with Crippen LogP contribution < -0.4 is 10.5 Å². The smallest absolute Gasteiger partial charge is 0.410 e. The van der Waals surface area contributed by atoms with Crippen LogP contribution in [0.25, 0.3) is 0 Å². The molecule has 2 heterocycles. The zero-order valence-corrected chi connectivity index (χ0v) is 18.0. The summed E-state index contributed by atoms with van der Waals surface area (Å²) in [5.41, 5.74) is 0.710. The molecule has 2 aromatic rings. The van der Waals surface area contributed by atoms with Gasteiger partial charge in [0.2, 0.25) is 0 Å². The third kappa shape index (κ3) is 5.09. The average Bonchev–Trinajstić information content (AvgIpc) is 2.65. The van der Waals surface area contributed by atoms with Crippen LogP contribution in [-0.2, 0) is 11.3 Å². The van der Waals surface area contributed by atoms with Crippen molar-refractivity contribution in [2.75, 3.05) is 24.5 Å². The van der Waals surface area contributed by atoms with Crippen LogP contribution >= 0.6 is 11.6 Å². The van der Waals surface area contributed by atoms with Crippen molar-refractivity contribution < 1.29 is 9.53 Å². The molecular weight excluding hydrogens is 392 g/mol. The summed E-state index contributed by atoms with van der Waals surface area (Å²) in [7, 11) is 0. The molecule has 1 amide bonds. The molecule has 1 aliphatic heterocycles. The first-order valence-electron chi connectivity index (χ1n) is 9.70. The lowest BCUT2D eigenvalue weighted by molar-refractivity contribution is 0.0159. The minimum atomic E-state index is -0.537. The Morgan fingerprint density at radius 3 is 2.55 bits per heavy atom. The highest BCUT2D eigenvalue weighted by Crippen LogP contribution is 2.25. The number of hydrogen-bond acceptors (Lipinski definition) is 5. The molecule has 1 aromatic heterocycles. The van der Waals surface area contributed by atoms with E-state index in [1.807, 2.05) is 62.9 Å². The normalized spacial score (nSPS) is 17.3. The van der Waals surface area contributed by atoms with E-state index < -0.39 is 5.60 Å². The molecule has 0 saturated carbocycles.